The number of nitrogens with two attached hydrogens (primary N) is 1. The Hall–Kier alpha value is -2.02. The van der Waals surface area contributed by atoms with Crippen molar-refractivity contribution in [2.24, 2.45) is 0 Å². The molecule has 2 aromatic rings. The van der Waals surface area contributed by atoms with Crippen LogP contribution in [0, 0.1) is 0 Å². The van der Waals surface area contributed by atoms with E-state index in [0.29, 0.717) is 0 Å². The second-order valence-electron chi connectivity index (χ2n) is 3.64. The highest BCUT2D eigenvalue weighted by atomic mass is 35.5. The lowest BCUT2D eigenvalue weighted by atomic mass is 10.2. The summed E-state index contributed by atoms with van der Waals surface area (Å²) in [4.78, 5) is 7.50. The molecule has 0 aliphatic rings. The Balaban J connectivity index is 2.38. The van der Waals surface area contributed by atoms with Crippen molar-refractivity contribution in [2.45, 2.75) is 6.18 Å². The Kier molecular flexibility index (Phi) is 3.48. The van der Waals surface area contributed by atoms with Crippen LogP contribution in [0.4, 0.5) is 30.4 Å². The Labute approximate surface area is 111 Å². The van der Waals surface area contributed by atoms with Crippen molar-refractivity contribution in [1.82, 2.24) is 9.97 Å². The monoisotopic (exact) mass is 288 g/mol. The number of alkyl halides is 3. The highest BCUT2D eigenvalue weighted by Gasteiger charge is 2.31. The van der Waals surface area contributed by atoms with Crippen molar-refractivity contribution in [1.29, 1.82) is 0 Å². The SMILES string of the molecule is Nc1cncnc1Nc1cc(C(F)(F)F)ccc1Cl. The zero-order valence-corrected chi connectivity index (χ0v) is 10.1. The van der Waals surface area contributed by atoms with Crippen LogP contribution in [0.5, 0.6) is 0 Å². The lowest BCUT2D eigenvalue weighted by Crippen LogP contribution is -2.06. The number of benzene rings is 1. The largest absolute Gasteiger partial charge is 0.416 e. The van der Waals surface area contributed by atoms with E-state index < -0.39 is 11.7 Å². The maximum Gasteiger partial charge on any atom is 0.416 e. The van der Waals surface area contributed by atoms with Crippen LogP contribution in [0.15, 0.2) is 30.7 Å². The minimum Gasteiger partial charge on any atom is -0.394 e. The van der Waals surface area contributed by atoms with E-state index >= 15 is 0 Å². The molecule has 0 saturated heterocycles. The van der Waals surface area contributed by atoms with E-state index in [9.17, 15) is 13.2 Å². The molecule has 1 aromatic carbocycles. The molecule has 0 bridgehead atoms. The van der Waals surface area contributed by atoms with Crippen LogP contribution in [0.3, 0.4) is 0 Å². The van der Waals surface area contributed by atoms with Crippen LogP contribution in [-0.2, 0) is 6.18 Å². The zero-order chi connectivity index (χ0) is 14.0. The molecule has 19 heavy (non-hydrogen) atoms. The van der Waals surface area contributed by atoms with Crippen LogP contribution >= 0.6 is 11.6 Å². The van der Waals surface area contributed by atoms with E-state index in [1.807, 2.05) is 0 Å². The molecule has 4 nitrogen and oxygen atoms in total. The number of nitrogens with one attached hydrogen (secondary N) is 1. The van der Waals surface area contributed by atoms with Gasteiger partial charge in [0, 0.05) is 0 Å². The van der Waals surface area contributed by atoms with Gasteiger partial charge < -0.3 is 11.1 Å². The summed E-state index contributed by atoms with van der Waals surface area (Å²) in [6.45, 7) is 0. The van der Waals surface area contributed by atoms with Gasteiger partial charge in [0.15, 0.2) is 5.82 Å². The van der Waals surface area contributed by atoms with Gasteiger partial charge in [-0.2, -0.15) is 13.2 Å². The smallest absolute Gasteiger partial charge is 0.394 e. The Bertz CT molecular complexity index is 601. The fourth-order valence-electron chi connectivity index (χ4n) is 1.37. The van der Waals surface area contributed by atoms with Crippen molar-refractivity contribution in [3.05, 3.63) is 41.3 Å². The quantitative estimate of drug-likeness (QED) is 0.888. The van der Waals surface area contributed by atoms with Crippen LogP contribution < -0.4 is 11.1 Å². The van der Waals surface area contributed by atoms with E-state index in [4.69, 9.17) is 17.3 Å². The molecule has 0 atom stereocenters. The fraction of sp³-hybridized carbons (Fsp3) is 0.0909. The lowest BCUT2D eigenvalue weighted by molar-refractivity contribution is -0.137. The number of aromatic nitrogens is 2. The number of hydrogen-bond acceptors (Lipinski definition) is 4. The molecule has 1 aromatic heterocycles. The normalized spacial score (nSPS) is 11.4. The molecule has 100 valence electrons. The highest BCUT2D eigenvalue weighted by Crippen LogP contribution is 2.35. The minimum atomic E-state index is -4.45. The van der Waals surface area contributed by atoms with Gasteiger partial charge in [-0.15, -0.1) is 0 Å². The van der Waals surface area contributed by atoms with Crippen LogP contribution in [0.25, 0.3) is 0 Å². The van der Waals surface area contributed by atoms with E-state index in [1.54, 1.807) is 0 Å². The summed E-state index contributed by atoms with van der Waals surface area (Å²) >= 11 is 5.83. The molecule has 0 unspecified atom stereocenters. The Morgan fingerprint density at radius 2 is 2.00 bits per heavy atom. The van der Waals surface area contributed by atoms with Crippen LogP contribution in [0.2, 0.25) is 5.02 Å². The molecule has 0 radical (unpaired) electrons. The van der Waals surface area contributed by atoms with Crippen LogP contribution in [-0.4, -0.2) is 9.97 Å². The molecular weight excluding hydrogens is 281 g/mol. The molecular formula is C11H8ClF3N4. The van der Waals surface area contributed by atoms with E-state index in [-0.39, 0.29) is 22.2 Å². The van der Waals surface area contributed by atoms with Gasteiger partial charge in [0.25, 0.3) is 0 Å². The third-order valence-electron chi connectivity index (χ3n) is 2.29. The second-order valence-corrected chi connectivity index (χ2v) is 4.05. The average Bonchev–Trinajstić information content (AvgIpc) is 2.33. The molecule has 0 aliphatic carbocycles. The first-order valence-electron chi connectivity index (χ1n) is 5.07. The number of nitrogen functional groups attached to an aromatic ring is 1. The number of hydrogen-bond donors (Lipinski definition) is 2. The summed E-state index contributed by atoms with van der Waals surface area (Å²) in [5.74, 6) is 0.191. The third-order valence-corrected chi connectivity index (χ3v) is 2.62. The molecule has 1 heterocycles. The summed E-state index contributed by atoms with van der Waals surface area (Å²) in [5, 5.41) is 2.78. The van der Waals surface area contributed by atoms with Gasteiger partial charge >= 0.3 is 6.18 Å². The third kappa shape index (κ3) is 3.05. The highest BCUT2D eigenvalue weighted by molar-refractivity contribution is 6.33. The molecule has 8 heteroatoms. The maximum atomic E-state index is 12.6. The standard InChI is InChI=1S/C11H8ClF3N4/c12-7-2-1-6(11(13,14)15)3-9(7)19-10-8(16)4-17-5-18-10/h1-5H,16H2,(H,17,18,19). The Morgan fingerprint density at radius 1 is 1.26 bits per heavy atom. The first-order valence-corrected chi connectivity index (χ1v) is 5.45. The summed E-state index contributed by atoms with van der Waals surface area (Å²) in [6.07, 6.45) is -1.89. The van der Waals surface area contributed by atoms with E-state index in [0.717, 1.165) is 18.2 Å². The topological polar surface area (TPSA) is 63.8 Å². The summed E-state index contributed by atoms with van der Waals surface area (Å²) < 4.78 is 37.8. The van der Waals surface area contributed by atoms with Gasteiger partial charge in [-0.05, 0) is 18.2 Å². The lowest BCUT2D eigenvalue weighted by Gasteiger charge is -2.12. The summed E-state index contributed by atoms with van der Waals surface area (Å²) in [6, 6.07) is 2.95. The van der Waals surface area contributed by atoms with Gasteiger partial charge in [-0.3, -0.25) is 0 Å². The summed E-state index contributed by atoms with van der Waals surface area (Å²) in [7, 11) is 0. The molecule has 0 amide bonds. The first-order chi connectivity index (χ1) is 8.88. The fourth-order valence-corrected chi connectivity index (χ4v) is 1.53. The molecule has 3 N–H and O–H groups in total. The maximum absolute atomic E-state index is 12.6. The number of halogens is 4. The second kappa shape index (κ2) is 4.93. The van der Waals surface area contributed by atoms with Crippen molar-refractivity contribution < 1.29 is 13.2 Å². The van der Waals surface area contributed by atoms with Gasteiger partial charge in [0.05, 0.1) is 28.2 Å². The first kappa shape index (κ1) is 13.4. The van der Waals surface area contributed by atoms with Crippen molar-refractivity contribution in [3.8, 4) is 0 Å². The zero-order valence-electron chi connectivity index (χ0n) is 9.37. The van der Waals surface area contributed by atoms with Gasteiger partial charge in [-0.1, -0.05) is 11.6 Å². The van der Waals surface area contributed by atoms with Crippen molar-refractivity contribution >= 4 is 28.8 Å². The van der Waals surface area contributed by atoms with Crippen LogP contribution in [0.1, 0.15) is 5.56 Å². The Morgan fingerprint density at radius 3 is 2.63 bits per heavy atom. The molecule has 0 fully saturated rings. The van der Waals surface area contributed by atoms with Gasteiger partial charge in [0.1, 0.15) is 6.33 Å². The molecule has 0 aliphatic heterocycles. The number of nitrogens with zero attached hydrogens (tertiary/aromatic N) is 2. The molecule has 2 rings (SSSR count). The van der Waals surface area contributed by atoms with Gasteiger partial charge in [0.2, 0.25) is 0 Å². The number of anilines is 3. The number of rotatable bonds is 2. The molecule has 0 saturated carbocycles. The molecule has 0 spiro atoms. The van der Waals surface area contributed by atoms with Gasteiger partial charge in [-0.25, -0.2) is 9.97 Å². The summed E-state index contributed by atoms with van der Waals surface area (Å²) in [5.41, 5.74) is 5.05. The predicted octanol–water partition coefficient (Wildman–Crippen LogP) is 3.47. The van der Waals surface area contributed by atoms with Crippen molar-refractivity contribution in [2.75, 3.05) is 11.1 Å². The minimum absolute atomic E-state index is 0.0712. The average molecular weight is 289 g/mol. The van der Waals surface area contributed by atoms with E-state index in [2.05, 4.69) is 15.3 Å². The van der Waals surface area contributed by atoms with Crippen molar-refractivity contribution in [3.63, 3.8) is 0 Å². The van der Waals surface area contributed by atoms with E-state index in [1.165, 1.54) is 12.5 Å². The predicted molar refractivity (Wildman–Crippen MR) is 66.2 cm³/mol.